The smallest absolute Gasteiger partial charge is 0.255 e. The minimum absolute atomic E-state index is 0.268. The summed E-state index contributed by atoms with van der Waals surface area (Å²) >= 11 is 11.9. The molecule has 6 heteroatoms. The second kappa shape index (κ2) is 6.59. The molecule has 0 aliphatic carbocycles. The molecule has 0 saturated heterocycles. The third-order valence-electron chi connectivity index (χ3n) is 2.58. The first-order chi connectivity index (χ1) is 9.61. The molecule has 2 aromatic rings. The molecule has 1 aromatic heterocycles. The zero-order valence-corrected chi connectivity index (χ0v) is 12.3. The molecule has 0 atom stereocenters. The lowest BCUT2D eigenvalue weighted by molar-refractivity contribution is 0.102. The predicted molar refractivity (Wildman–Crippen MR) is 82.8 cm³/mol. The number of aromatic nitrogens is 1. The molecule has 4 nitrogen and oxygen atoms in total. The van der Waals surface area contributed by atoms with E-state index in [4.69, 9.17) is 23.2 Å². The van der Waals surface area contributed by atoms with Crippen molar-refractivity contribution in [3.8, 4) is 0 Å². The number of hydrogen-bond donors (Lipinski definition) is 2. The zero-order valence-electron chi connectivity index (χ0n) is 10.8. The van der Waals surface area contributed by atoms with Crippen LogP contribution in [0, 0.1) is 0 Å². The number of benzene rings is 1. The fraction of sp³-hybridized carbons (Fsp3) is 0.143. The van der Waals surface area contributed by atoms with Gasteiger partial charge in [-0.05, 0) is 31.2 Å². The maximum absolute atomic E-state index is 12.2. The quantitative estimate of drug-likeness (QED) is 0.895. The molecule has 0 aliphatic heterocycles. The Morgan fingerprint density at radius 1 is 1.30 bits per heavy atom. The van der Waals surface area contributed by atoms with Gasteiger partial charge in [0.2, 0.25) is 0 Å². The van der Waals surface area contributed by atoms with Crippen LogP contribution in [0.1, 0.15) is 17.3 Å². The summed E-state index contributed by atoms with van der Waals surface area (Å²) in [4.78, 5) is 16.3. The molecule has 0 bridgehead atoms. The Balaban J connectivity index is 2.19. The van der Waals surface area contributed by atoms with Crippen molar-refractivity contribution in [2.75, 3.05) is 17.2 Å². The molecule has 1 heterocycles. The molecule has 0 saturated carbocycles. The number of halogens is 2. The highest BCUT2D eigenvalue weighted by atomic mass is 35.5. The van der Waals surface area contributed by atoms with Gasteiger partial charge in [-0.15, -0.1) is 0 Å². The van der Waals surface area contributed by atoms with E-state index in [0.29, 0.717) is 27.1 Å². The summed E-state index contributed by atoms with van der Waals surface area (Å²) in [6.45, 7) is 2.69. The fourth-order valence-corrected chi connectivity index (χ4v) is 1.99. The van der Waals surface area contributed by atoms with Gasteiger partial charge >= 0.3 is 0 Å². The van der Waals surface area contributed by atoms with Gasteiger partial charge in [0.25, 0.3) is 5.91 Å². The van der Waals surface area contributed by atoms with Crippen molar-refractivity contribution >= 4 is 40.6 Å². The minimum Gasteiger partial charge on any atom is -0.370 e. The lowest BCUT2D eigenvalue weighted by atomic mass is 10.2. The van der Waals surface area contributed by atoms with Crippen LogP contribution in [0.4, 0.5) is 11.5 Å². The lowest BCUT2D eigenvalue weighted by Gasteiger charge is -2.09. The number of rotatable bonds is 4. The normalized spacial score (nSPS) is 10.2. The highest BCUT2D eigenvalue weighted by Crippen LogP contribution is 2.29. The lowest BCUT2D eigenvalue weighted by Crippen LogP contribution is -2.13. The summed E-state index contributed by atoms with van der Waals surface area (Å²) in [5, 5.41) is 6.49. The van der Waals surface area contributed by atoms with Crippen molar-refractivity contribution in [3.63, 3.8) is 0 Å². The molecule has 0 spiro atoms. The molecule has 2 N–H and O–H groups in total. The first-order valence-corrected chi connectivity index (χ1v) is 6.82. The van der Waals surface area contributed by atoms with E-state index in [0.717, 1.165) is 6.54 Å². The van der Waals surface area contributed by atoms with Crippen LogP contribution in [-0.2, 0) is 0 Å². The Bertz CT molecular complexity index is 632. The number of anilines is 2. The Morgan fingerprint density at radius 3 is 2.85 bits per heavy atom. The standard InChI is InChI=1S/C14H13Cl2N3O/c1-2-17-12-8-9(6-7-18-12)14(20)19-11-5-3-4-10(15)13(11)16/h3-8H,2H2,1H3,(H,17,18)(H,19,20). The molecule has 0 fully saturated rings. The van der Waals surface area contributed by atoms with Crippen LogP contribution in [0.25, 0.3) is 0 Å². The average Bonchev–Trinajstić information content (AvgIpc) is 2.44. The third kappa shape index (κ3) is 3.40. The summed E-state index contributed by atoms with van der Waals surface area (Å²) in [5.41, 5.74) is 0.970. The summed E-state index contributed by atoms with van der Waals surface area (Å²) < 4.78 is 0. The highest BCUT2D eigenvalue weighted by molar-refractivity contribution is 6.44. The highest BCUT2D eigenvalue weighted by Gasteiger charge is 2.10. The summed E-state index contributed by atoms with van der Waals surface area (Å²) in [7, 11) is 0. The number of hydrogen-bond acceptors (Lipinski definition) is 3. The number of carbonyl (C=O) groups excluding carboxylic acids is 1. The molecular weight excluding hydrogens is 297 g/mol. The number of nitrogens with one attached hydrogen (secondary N) is 2. The van der Waals surface area contributed by atoms with E-state index < -0.39 is 0 Å². The largest absolute Gasteiger partial charge is 0.370 e. The van der Waals surface area contributed by atoms with Gasteiger partial charge in [-0.3, -0.25) is 4.79 Å². The first-order valence-electron chi connectivity index (χ1n) is 6.07. The predicted octanol–water partition coefficient (Wildman–Crippen LogP) is 4.07. The Labute approximate surface area is 127 Å². The van der Waals surface area contributed by atoms with Crippen molar-refractivity contribution in [3.05, 3.63) is 52.1 Å². The van der Waals surface area contributed by atoms with E-state index in [1.165, 1.54) is 0 Å². The minimum atomic E-state index is -0.268. The van der Waals surface area contributed by atoms with Gasteiger partial charge in [0.1, 0.15) is 5.82 Å². The topological polar surface area (TPSA) is 54.0 Å². The molecule has 0 aliphatic rings. The molecular formula is C14H13Cl2N3O. The van der Waals surface area contributed by atoms with E-state index in [-0.39, 0.29) is 5.91 Å². The molecule has 104 valence electrons. The monoisotopic (exact) mass is 309 g/mol. The SMILES string of the molecule is CCNc1cc(C(=O)Nc2cccc(Cl)c2Cl)ccn1. The summed E-state index contributed by atoms with van der Waals surface area (Å²) in [5.74, 6) is 0.382. The van der Waals surface area contributed by atoms with Crippen LogP contribution in [0.2, 0.25) is 10.0 Å². The Kier molecular flexibility index (Phi) is 4.82. The number of pyridine rings is 1. The van der Waals surface area contributed by atoms with Gasteiger partial charge < -0.3 is 10.6 Å². The van der Waals surface area contributed by atoms with Crippen molar-refractivity contribution in [2.45, 2.75) is 6.92 Å². The maximum Gasteiger partial charge on any atom is 0.255 e. The van der Waals surface area contributed by atoms with Crippen LogP contribution < -0.4 is 10.6 Å². The van der Waals surface area contributed by atoms with Gasteiger partial charge in [-0.1, -0.05) is 29.3 Å². The van der Waals surface area contributed by atoms with E-state index >= 15 is 0 Å². The van der Waals surface area contributed by atoms with Gasteiger partial charge in [0.15, 0.2) is 0 Å². The second-order valence-electron chi connectivity index (χ2n) is 4.02. The van der Waals surface area contributed by atoms with Gasteiger partial charge in [-0.2, -0.15) is 0 Å². The Hall–Kier alpha value is -1.78. The van der Waals surface area contributed by atoms with Crippen LogP contribution in [0.15, 0.2) is 36.5 Å². The van der Waals surface area contributed by atoms with Crippen LogP contribution in [0.5, 0.6) is 0 Å². The molecule has 1 amide bonds. The number of nitrogens with zero attached hydrogens (tertiary/aromatic N) is 1. The number of amides is 1. The molecule has 0 radical (unpaired) electrons. The molecule has 0 unspecified atom stereocenters. The van der Waals surface area contributed by atoms with Crippen molar-refractivity contribution in [1.29, 1.82) is 0 Å². The van der Waals surface area contributed by atoms with E-state index in [9.17, 15) is 4.79 Å². The Morgan fingerprint density at radius 2 is 2.10 bits per heavy atom. The van der Waals surface area contributed by atoms with Crippen LogP contribution in [-0.4, -0.2) is 17.4 Å². The van der Waals surface area contributed by atoms with E-state index in [2.05, 4.69) is 15.6 Å². The van der Waals surface area contributed by atoms with Gasteiger partial charge in [-0.25, -0.2) is 4.98 Å². The molecule has 2 rings (SSSR count). The number of carbonyl (C=O) groups is 1. The van der Waals surface area contributed by atoms with Crippen molar-refractivity contribution in [1.82, 2.24) is 4.98 Å². The van der Waals surface area contributed by atoms with E-state index in [1.54, 1.807) is 36.5 Å². The van der Waals surface area contributed by atoms with Crippen molar-refractivity contribution < 1.29 is 4.79 Å². The first kappa shape index (κ1) is 14.6. The molecule has 20 heavy (non-hydrogen) atoms. The average molecular weight is 310 g/mol. The zero-order chi connectivity index (χ0) is 14.5. The van der Waals surface area contributed by atoms with Crippen molar-refractivity contribution in [2.24, 2.45) is 0 Å². The molecule has 1 aromatic carbocycles. The van der Waals surface area contributed by atoms with Gasteiger partial charge in [0.05, 0.1) is 15.7 Å². The van der Waals surface area contributed by atoms with Gasteiger partial charge in [0, 0.05) is 18.3 Å². The van der Waals surface area contributed by atoms with Crippen LogP contribution >= 0.6 is 23.2 Å². The summed E-state index contributed by atoms with van der Waals surface area (Å²) in [6, 6.07) is 8.39. The second-order valence-corrected chi connectivity index (χ2v) is 4.80. The summed E-state index contributed by atoms with van der Waals surface area (Å²) in [6.07, 6.45) is 1.58. The fourth-order valence-electron chi connectivity index (χ4n) is 1.64. The van der Waals surface area contributed by atoms with E-state index in [1.807, 2.05) is 6.92 Å². The maximum atomic E-state index is 12.2. The third-order valence-corrected chi connectivity index (χ3v) is 3.40. The van der Waals surface area contributed by atoms with Crippen LogP contribution in [0.3, 0.4) is 0 Å².